The fourth-order valence-electron chi connectivity index (χ4n) is 1.29. The maximum atomic E-state index is 10.9. The molecule has 7 heteroatoms. The molecular formula is C7H15O6P. The molecule has 0 amide bonds. The standard InChI is InChI=1S/C7H15O6P/c1-5-3-7(8)13-6(5)4-12-14(9,10)11-2/h5-8H,3-4H2,1-2H3,(H,9,10)/t5-,6?,7?/m1/s1. The summed E-state index contributed by atoms with van der Waals surface area (Å²) >= 11 is 0. The SMILES string of the molecule is COP(=O)(O)OCC1OC(O)C[C@H]1C. The lowest BCUT2D eigenvalue weighted by Crippen LogP contribution is -2.20. The molecule has 1 aliphatic heterocycles. The maximum absolute atomic E-state index is 10.9. The number of rotatable bonds is 4. The van der Waals surface area contributed by atoms with Crippen LogP contribution in [0.4, 0.5) is 0 Å². The Hall–Kier alpha value is 0.0300. The third-order valence-electron chi connectivity index (χ3n) is 2.17. The second-order valence-electron chi connectivity index (χ2n) is 3.29. The molecule has 1 aliphatic rings. The highest BCUT2D eigenvalue weighted by Crippen LogP contribution is 2.43. The molecular weight excluding hydrogens is 211 g/mol. The third kappa shape index (κ3) is 3.31. The van der Waals surface area contributed by atoms with Crippen molar-refractivity contribution in [3.8, 4) is 0 Å². The highest BCUT2D eigenvalue weighted by Gasteiger charge is 2.33. The van der Waals surface area contributed by atoms with Gasteiger partial charge in [-0.15, -0.1) is 0 Å². The summed E-state index contributed by atoms with van der Waals surface area (Å²) in [5.41, 5.74) is 0. The van der Waals surface area contributed by atoms with Gasteiger partial charge in [-0.05, 0) is 5.92 Å². The van der Waals surface area contributed by atoms with Crippen LogP contribution in [0.3, 0.4) is 0 Å². The molecule has 0 saturated carbocycles. The average Bonchev–Trinajstić information content (AvgIpc) is 2.42. The summed E-state index contributed by atoms with van der Waals surface area (Å²) < 4.78 is 24.8. The van der Waals surface area contributed by atoms with E-state index in [-0.39, 0.29) is 18.6 Å². The van der Waals surface area contributed by atoms with Crippen LogP contribution in [0.15, 0.2) is 0 Å². The molecule has 1 heterocycles. The number of hydrogen-bond donors (Lipinski definition) is 2. The van der Waals surface area contributed by atoms with E-state index in [4.69, 9.17) is 14.7 Å². The van der Waals surface area contributed by atoms with E-state index in [1.807, 2.05) is 6.92 Å². The van der Waals surface area contributed by atoms with Gasteiger partial charge in [0.25, 0.3) is 0 Å². The monoisotopic (exact) mass is 226 g/mol. The first-order valence-electron chi connectivity index (χ1n) is 4.31. The smallest absolute Gasteiger partial charge is 0.368 e. The quantitative estimate of drug-likeness (QED) is 0.678. The van der Waals surface area contributed by atoms with Crippen molar-refractivity contribution in [3.63, 3.8) is 0 Å². The van der Waals surface area contributed by atoms with Crippen molar-refractivity contribution in [1.29, 1.82) is 0 Å². The van der Waals surface area contributed by atoms with Crippen LogP contribution in [0, 0.1) is 5.92 Å². The molecule has 14 heavy (non-hydrogen) atoms. The van der Waals surface area contributed by atoms with Crippen molar-refractivity contribution in [3.05, 3.63) is 0 Å². The molecule has 1 fully saturated rings. The molecule has 1 saturated heterocycles. The van der Waals surface area contributed by atoms with Crippen LogP contribution in [-0.4, -0.2) is 36.1 Å². The topological polar surface area (TPSA) is 85.2 Å². The van der Waals surface area contributed by atoms with E-state index < -0.39 is 14.1 Å². The molecule has 0 aromatic rings. The Bertz CT molecular complexity index is 232. The molecule has 0 spiro atoms. The summed E-state index contributed by atoms with van der Waals surface area (Å²) in [7, 11) is -2.84. The van der Waals surface area contributed by atoms with Crippen LogP contribution < -0.4 is 0 Å². The van der Waals surface area contributed by atoms with E-state index in [0.717, 1.165) is 7.11 Å². The van der Waals surface area contributed by atoms with Gasteiger partial charge in [-0.2, -0.15) is 0 Å². The van der Waals surface area contributed by atoms with Crippen LogP contribution in [-0.2, 0) is 18.3 Å². The molecule has 0 aliphatic carbocycles. The maximum Gasteiger partial charge on any atom is 0.472 e. The molecule has 6 nitrogen and oxygen atoms in total. The van der Waals surface area contributed by atoms with Crippen molar-refractivity contribution < 1.29 is 28.3 Å². The van der Waals surface area contributed by atoms with E-state index in [1.165, 1.54) is 0 Å². The summed E-state index contributed by atoms with van der Waals surface area (Å²) in [5.74, 6) is 0.0989. The van der Waals surface area contributed by atoms with Crippen LogP contribution >= 0.6 is 7.82 Å². The first-order chi connectivity index (χ1) is 6.44. The van der Waals surface area contributed by atoms with Crippen molar-refractivity contribution in [2.24, 2.45) is 5.92 Å². The number of aliphatic hydroxyl groups excluding tert-OH is 1. The highest BCUT2D eigenvalue weighted by molar-refractivity contribution is 7.47. The molecule has 2 N–H and O–H groups in total. The Kier molecular flexibility index (Phi) is 4.06. The van der Waals surface area contributed by atoms with Crippen LogP contribution in [0.5, 0.6) is 0 Å². The van der Waals surface area contributed by atoms with Gasteiger partial charge in [0.15, 0.2) is 6.29 Å². The number of ether oxygens (including phenoxy) is 1. The van der Waals surface area contributed by atoms with Crippen molar-refractivity contribution in [1.82, 2.24) is 0 Å². The van der Waals surface area contributed by atoms with Gasteiger partial charge >= 0.3 is 7.82 Å². The molecule has 84 valence electrons. The second kappa shape index (κ2) is 4.70. The highest BCUT2D eigenvalue weighted by atomic mass is 31.2. The number of phosphoric ester groups is 1. The first kappa shape index (κ1) is 12.1. The van der Waals surface area contributed by atoms with Crippen LogP contribution in [0.25, 0.3) is 0 Å². The fourth-order valence-corrected chi connectivity index (χ4v) is 1.73. The normalized spacial score (nSPS) is 37.0. The molecule has 4 atom stereocenters. The summed E-state index contributed by atoms with van der Waals surface area (Å²) in [6.45, 7) is 1.82. The minimum absolute atomic E-state index is 0.0557. The molecule has 1 rings (SSSR count). The number of hydrogen-bond acceptors (Lipinski definition) is 5. The van der Waals surface area contributed by atoms with Crippen molar-refractivity contribution in [2.75, 3.05) is 13.7 Å². The van der Waals surface area contributed by atoms with Crippen LogP contribution in [0.1, 0.15) is 13.3 Å². The van der Waals surface area contributed by atoms with Crippen LogP contribution in [0.2, 0.25) is 0 Å². The lowest BCUT2D eigenvalue weighted by atomic mass is 10.1. The van der Waals surface area contributed by atoms with Gasteiger partial charge in [-0.25, -0.2) is 4.57 Å². The van der Waals surface area contributed by atoms with Gasteiger partial charge in [0.05, 0.1) is 12.7 Å². The zero-order valence-corrected chi connectivity index (χ0v) is 9.02. The summed E-state index contributed by atoms with van der Waals surface area (Å²) in [6.07, 6.45) is -0.656. The minimum Gasteiger partial charge on any atom is -0.368 e. The van der Waals surface area contributed by atoms with Gasteiger partial charge in [-0.3, -0.25) is 9.05 Å². The Morgan fingerprint density at radius 1 is 1.64 bits per heavy atom. The van der Waals surface area contributed by atoms with E-state index in [9.17, 15) is 4.57 Å². The molecule has 0 radical (unpaired) electrons. The first-order valence-corrected chi connectivity index (χ1v) is 5.81. The Morgan fingerprint density at radius 2 is 2.29 bits per heavy atom. The molecule has 0 bridgehead atoms. The van der Waals surface area contributed by atoms with Gasteiger partial charge in [0, 0.05) is 13.5 Å². The fraction of sp³-hybridized carbons (Fsp3) is 1.00. The van der Waals surface area contributed by atoms with E-state index in [1.54, 1.807) is 0 Å². The van der Waals surface area contributed by atoms with E-state index in [2.05, 4.69) is 9.05 Å². The zero-order valence-electron chi connectivity index (χ0n) is 8.12. The lowest BCUT2D eigenvalue weighted by Gasteiger charge is -2.16. The Morgan fingerprint density at radius 3 is 2.71 bits per heavy atom. The Labute approximate surface area is 82.4 Å². The van der Waals surface area contributed by atoms with Crippen molar-refractivity contribution >= 4 is 7.82 Å². The van der Waals surface area contributed by atoms with E-state index >= 15 is 0 Å². The minimum atomic E-state index is -3.93. The largest absolute Gasteiger partial charge is 0.472 e. The lowest BCUT2D eigenvalue weighted by molar-refractivity contribution is -0.102. The predicted molar refractivity (Wildman–Crippen MR) is 47.4 cm³/mol. The van der Waals surface area contributed by atoms with Gasteiger partial charge < -0.3 is 14.7 Å². The van der Waals surface area contributed by atoms with Gasteiger partial charge in [0.2, 0.25) is 0 Å². The van der Waals surface area contributed by atoms with E-state index in [0.29, 0.717) is 6.42 Å². The number of aliphatic hydroxyl groups is 1. The second-order valence-corrected chi connectivity index (χ2v) is 4.85. The third-order valence-corrected chi connectivity index (χ3v) is 3.11. The molecule has 0 aromatic carbocycles. The van der Waals surface area contributed by atoms with Crippen molar-refractivity contribution in [2.45, 2.75) is 25.7 Å². The summed E-state index contributed by atoms with van der Waals surface area (Å²) in [6, 6.07) is 0. The average molecular weight is 226 g/mol. The predicted octanol–water partition coefficient (Wildman–Crippen LogP) is 0.493. The summed E-state index contributed by atoms with van der Waals surface area (Å²) in [4.78, 5) is 8.93. The number of phosphoric acid groups is 1. The van der Waals surface area contributed by atoms with Gasteiger partial charge in [0.1, 0.15) is 0 Å². The summed E-state index contributed by atoms with van der Waals surface area (Å²) in [5, 5.41) is 9.12. The molecule has 0 aromatic heterocycles. The zero-order chi connectivity index (χ0) is 10.8. The Balaban J connectivity index is 2.35. The van der Waals surface area contributed by atoms with Gasteiger partial charge in [-0.1, -0.05) is 6.92 Å². The molecule has 3 unspecified atom stereocenters.